The summed E-state index contributed by atoms with van der Waals surface area (Å²) in [7, 11) is 0. The van der Waals surface area contributed by atoms with Gasteiger partial charge in [0, 0.05) is 37.4 Å². The summed E-state index contributed by atoms with van der Waals surface area (Å²) in [4.78, 5) is 13.9. The Hall–Kier alpha value is -1.75. The summed E-state index contributed by atoms with van der Waals surface area (Å²) >= 11 is 0. The molecule has 0 saturated carbocycles. The predicted molar refractivity (Wildman–Crippen MR) is 80.5 cm³/mol. The Labute approximate surface area is 119 Å². The van der Waals surface area contributed by atoms with E-state index in [1.165, 1.54) is 5.69 Å². The molecule has 1 heterocycles. The molecule has 4 N–H and O–H groups in total. The highest BCUT2D eigenvalue weighted by Crippen LogP contribution is 2.25. The Morgan fingerprint density at radius 3 is 2.55 bits per heavy atom. The minimum atomic E-state index is 0.00131. The Morgan fingerprint density at radius 2 is 1.95 bits per heavy atom. The molecule has 5 nitrogen and oxygen atoms in total. The van der Waals surface area contributed by atoms with Crippen molar-refractivity contribution in [2.45, 2.75) is 19.3 Å². The topological polar surface area (TPSA) is 78.6 Å². The molecule has 2 rings (SSSR count). The second-order valence-corrected chi connectivity index (χ2v) is 5.30. The van der Waals surface area contributed by atoms with Crippen molar-refractivity contribution in [2.24, 2.45) is 5.92 Å². The number of amides is 1. The zero-order valence-corrected chi connectivity index (χ0v) is 11.7. The second kappa shape index (κ2) is 7.14. The molecule has 1 saturated heterocycles. The number of aliphatic hydroxyl groups is 1. The van der Waals surface area contributed by atoms with Gasteiger partial charge in [-0.25, -0.2) is 0 Å². The predicted octanol–water partition coefficient (Wildman–Crippen LogP) is 0.984. The first-order valence-corrected chi connectivity index (χ1v) is 7.17. The molecule has 0 unspecified atom stereocenters. The van der Waals surface area contributed by atoms with Gasteiger partial charge in [0.25, 0.3) is 0 Å². The lowest BCUT2D eigenvalue weighted by molar-refractivity contribution is -0.122. The first kappa shape index (κ1) is 14.7. The Morgan fingerprint density at radius 1 is 1.30 bits per heavy atom. The van der Waals surface area contributed by atoms with Crippen molar-refractivity contribution in [2.75, 3.05) is 36.9 Å². The molecule has 1 fully saturated rings. The average molecular weight is 277 g/mol. The van der Waals surface area contributed by atoms with Gasteiger partial charge in [0.1, 0.15) is 0 Å². The van der Waals surface area contributed by atoms with Crippen molar-refractivity contribution < 1.29 is 9.90 Å². The first-order valence-electron chi connectivity index (χ1n) is 7.17. The normalized spacial score (nSPS) is 16.1. The number of hydrogen-bond donors (Lipinski definition) is 3. The van der Waals surface area contributed by atoms with E-state index in [4.69, 9.17) is 10.8 Å². The molecule has 110 valence electrons. The van der Waals surface area contributed by atoms with E-state index in [-0.39, 0.29) is 12.5 Å². The number of nitrogens with two attached hydrogens (primary N) is 1. The lowest BCUT2D eigenvalue weighted by atomic mass is 9.93. The zero-order chi connectivity index (χ0) is 14.4. The van der Waals surface area contributed by atoms with E-state index >= 15 is 0 Å². The number of carbonyl (C=O) groups excluding carboxylic acids is 1. The number of anilines is 2. The molecule has 0 atom stereocenters. The lowest BCUT2D eigenvalue weighted by Crippen LogP contribution is -2.36. The number of nitrogen functional groups attached to an aromatic ring is 1. The lowest BCUT2D eigenvalue weighted by Gasteiger charge is -2.33. The Bertz CT molecular complexity index is 425. The van der Waals surface area contributed by atoms with Gasteiger partial charge in [-0.3, -0.25) is 4.79 Å². The van der Waals surface area contributed by atoms with E-state index in [9.17, 15) is 4.79 Å². The summed E-state index contributed by atoms with van der Waals surface area (Å²) in [5.41, 5.74) is 7.67. The standard InChI is InChI=1S/C15H23N3O2/c16-13-1-3-14(4-2-13)18-8-5-12(6-9-18)11-15(20)17-7-10-19/h1-4,12,19H,5-11,16H2,(H,17,20). The molecular formula is C15H23N3O2. The smallest absolute Gasteiger partial charge is 0.220 e. The van der Waals surface area contributed by atoms with Gasteiger partial charge in [-0.2, -0.15) is 0 Å². The van der Waals surface area contributed by atoms with Crippen molar-refractivity contribution in [3.05, 3.63) is 24.3 Å². The molecule has 0 bridgehead atoms. The van der Waals surface area contributed by atoms with Crippen LogP contribution in [0.15, 0.2) is 24.3 Å². The maximum atomic E-state index is 11.6. The minimum Gasteiger partial charge on any atom is -0.399 e. The van der Waals surface area contributed by atoms with Gasteiger partial charge in [-0.05, 0) is 43.0 Å². The van der Waals surface area contributed by atoms with Gasteiger partial charge < -0.3 is 21.1 Å². The Kier molecular flexibility index (Phi) is 5.24. The molecule has 0 radical (unpaired) electrons. The highest BCUT2D eigenvalue weighted by atomic mass is 16.3. The number of aliphatic hydroxyl groups excluding tert-OH is 1. The van der Waals surface area contributed by atoms with Crippen molar-refractivity contribution >= 4 is 17.3 Å². The van der Waals surface area contributed by atoms with E-state index in [1.54, 1.807) is 0 Å². The zero-order valence-electron chi connectivity index (χ0n) is 11.7. The van der Waals surface area contributed by atoms with Gasteiger partial charge >= 0.3 is 0 Å². The van der Waals surface area contributed by atoms with E-state index in [0.29, 0.717) is 18.9 Å². The molecule has 20 heavy (non-hydrogen) atoms. The van der Waals surface area contributed by atoms with Crippen molar-refractivity contribution in [1.29, 1.82) is 0 Å². The molecular weight excluding hydrogens is 254 g/mol. The summed E-state index contributed by atoms with van der Waals surface area (Å²) in [5, 5.41) is 11.4. The third kappa shape index (κ3) is 4.13. The fourth-order valence-electron chi connectivity index (χ4n) is 2.61. The monoisotopic (exact) mass is 277 g/mol. The number of nitrogens with zero attached hydrogens (tertiary/aromatic N) is 1. The quantitative estimate of drug-likeness (QED) is 0.701. The van der Waals surface area contributed by atoms with Crippen LogP contribution in [0.3, 0.4) is 0 Å². The van der Waals surface area contributed by atoms with Crippen LogP contribution in [0.25, 0.3) is 0 Å². The molecule has 0 spiro atoms. The minimum absolute atomic E-state index is 0.00131. The fourth-order valence-corrected chi connectivity index (χ4v) is 2.61. The van der Waals surface area contributed by atoms with Crippen molar-refractivity contribution in [3.63, 3.8) is 0 Å². The number of rotatable bonds is 5. The van der Waals surface area contributed by atoms with Crippen molar-refractivity contribution in [3.8, 4) is 0 Å². The molecule has 1 amide bonds. The number of hydrogen-bond acceptors (Lipinski definition) is 4. The summed E-state index contributed by atoms with van der Waals surface area (Å²) < 4.78 is 0. The van der Waals surface area contributed by atoms with Crippen LogP contribution >= 0.6 is 0 Å². The third-order valence-electron chi connectivity index (χ3n) is 3.78. The third-order valence-corrected chi connectivity index (χ3v) is 3.78. The van der Waals surface area contributed by atoms with Gasteiger partial charge in [-0.1, -0.05) is 0 Å². The van der Waals surface area contributed by atoms with Crippen LogP contribution in [0.1, 0.15) is 19.3 Å². The number of carbonyl (C=O) groups is 1. The summed E-state index contributed by atoms with van der Waals surface area (Å²) in [6, 6.07) is 7.93. The van der Waals surface area contributed by atoms with E-state index < -0.39 is 0 Å². The summed E-state index contributed by atoms with van der Waals surface area (Å²) in [5.74, 6) is 0.490. The van der Waals surface area contributed by atoms with Gasteiger partial charge in [0.05, 0.1) is 6.61 Å². The number of piperidine rings is 1. The second-order valence-electron chi connectivity index (χ2n) is 5.30. The van der Waals surface area contributed by atoms with Crippen LogP contribution in [0, 0.1) is 5.92 Å². The largest absolute Gasteiger partial charge is 0.399 e. The molecule has 0 aromatic heterocycles. The molecule has 1 aliphatic heterocycles. The van der Waals surface area contributed by atoms with Crippen LogP contribution < -0.4 is 16.0 Å². The van der Waals surface area contributed by atoms with Gasteiger partial charge in [-0.15, -0.1) is 0 Å². The van der Waals surface area contributed by atoms with Crippen LogP contribution in [-0.2, 0) is 4.79 Å². The van der Waals surface area contributed by atoms with Crippen molar-refractivity contribution in [1.82, 2.24) is 5.32 Å². The van der Waals surface area contributed by atoms with Crippen LogP contribution in [-0.4, -0.2) is 37.3 Å². The molecule has 5 heteroatoms. The van der Waals surface area contributed by atoms with E-state index in [0.717, 1.165) is 31.6 Å². The van der Waals surface area contributed by atoms with Crippen LogP contribution in [0.2, 0.25) is 0 Å². The van der Waals surface area contributed by atoms with E-state index in [1.807, 2.05) is 24.3 Å². The van der Waals surface area contributed by atoms with Crippen LogP contribution in [0.4, 0.5) is 11.4 Å². The van der Waals surface area contributed by atoms with Crippen LogP contribution in [0.5, 0.6) is 0 Å². The highest BCUT2D eigenvalue weighted by molar-refractivity contribution is 5.76. The maximum absolute atomic E-state index is 11.6. The number of benzene rings is 1. The van der Waals surface area contributed by atoms with Gasteiger partial charge in [0.15, 0.2) is 0 Å². The molecule has 1 aromatic rings. The fraction of sp³-hybridized carbons (Fsp3) is 0.533. The highest BCUT2D eigenvalue weighted by Gasteiger charge is 2.21. The number of nitrogens with one attached hydrogen (secondary N) is 1. The summed E-state index contributed by atoms with van der Waals surface area (Å²) in [6.07, 6.45) is 2.61. The first-order chi connectivity index (χ1) is 9.69. The molecule has 1 aliphatic rings. The van der Waals surface area contributed by atoms with E-state index in [2.05, 4.69) is 10.2 Å². The molecule has 1 aromatic carbocycles. The SMILES string of the molecule is Nc1ccc(N2CCC(CC(=O)NCCO)CC2)cc1. The summed E-state index contributed by atoms with van der Waals surface area (Å²) in [6.45, 7) is 2.30. The Balaban J connectivity index is 1.77. The maximum Gasteiger partial charge on any atom is 0.220 e. The molecule has 0 aliphatic carbocycles. The average Bonchev–Trinajstić information content (AvgIpc) is 2.47. The van der Waals surface area contributed by atoms with Gasteiger partial charge in [0.2, 0.25) is 5.91 Å².